The van der Waals surface area contributed by atoms with Gasteiger partial charge in [-0.1, -0.05) is 46.9 Å². The van der Waals surface area contributed by atoms with Crippen LogP contribution in [0, 0.1) is 0 Å². The molecule has 116 valence electrons. The Balaban J connectivity index is 1.94. The molecular weight excluding hydrogens is 347 g/mol. The number of rotatable bonds is 5. The average Bonchev–Trinajstić information content (AvgIpc) is 2.53. The maximum Gasteiger partial charge on any atom is 0.271 e. The van der Waals surface area contributed by atoms with E-state index < -0.39 is 5.91 Å². The zero-order valence-corrected chi connectivity index (χ0v) is 14.0. The third-order valence-electron chi connectivity index (χ3n) is 2.99. The highest BCUT2D eigenvalue weighted by Gasteiger charge is 2.16. The van der Waals surface area contributed by atoms with Crippen LogP contribution in [0.1, 0.15) is 16.1 Å². The fraction of sp³-hybridized carbons (Fsp3) is 0.200. The van der Waals surface area contributed by atoms with Crippen molar-refractivity contribution in [1.82, 2.24) is 10.3 Å². The van der Waals surface area contributed by atoms with Crippen LogP contribution in [0.5, 0.6) is 5.75 Å². The molecule has 0 unspecified atom stereocenters. The third-order valence-corrected chi connectivity index (χ3v) is 4.23. The lowest BCUT2D eigenvalue weighted by molar-refractivity contribution is 0.0949. The lowest BCUT2D eigenvalue weighted by Crippen LogP contribution is -2.26. The molecule has 0 spiro atoms. The van der Waals surface area contributed by atoms with Crippen LogP contribution < -0.4 is 10.1 Å². The minimum Gasteiger partial charge on any atom is -0.497 e. The van der Waals surface area contributed by atoms with Crippen LogP contribution in [0.15, 0.2) is 30.5 Å². The molecule has 0 fully saturated rings. The van der Waals surface area contributed by atoms with Gasteiger partial charge in [-0.2, -0.15) is 0 Å². The number of halogens is 3. The molecule has 2 aromatic rings. The van der Waals surface area contributed by atoms with E-state index >= 15 is 0 Å². The molecule has 1 aromatic carbocycles. The van der Waals surface area contributed by atoms with Crippen molar-refractivity contribution in [2.45, 2.75) is 6.42 Å². The van der Waals surface area contributed by atoms with Crippen LogP contribution in [0.2, 0.25) is 15.1 Å². The molecule has 22 heavy (non-hydrogen) atoms. The Labute approximate surface area is 143 Å². The van der Waals surface area contributed by atoms with Gasteiger partial charge in [0.1, 0.15) is 11.4 Å². The molecule has 1 N–H and O–H groups in total. The average molecular weight is 360 g/mol. The molecule has 7 heteroatoms. The van der Waals surface area contributed by atoms with Gasteiger partial charge >= 0.3 is 0 Å². The van der Waals surface area contributed by atoms with E-state index in [2.05, 4.69) is 10.3 Å². The first kappa shape index (κ1) is 16.9. The number of methoxy groups -OCH3 is 1. The second kappa shape index (κ2) is 7.68. The summed E-state index contributed by atoms with van der Waals surface area (Å²) in [5.74, 6) is 0.400. The molecule has 0 saturated heterocycles. The highest BCUT2D eigenvalue weighted by Crippen LogP contribution is 2.30. The lowest BCUT2D eigenvalue weighted by atomic mass is 10.1. The molecule has 0 aliphatic heterocycles. The Kier molecular flexibility index (Phi) is 5.89. The van der Waals surface area contributed by atoms with E-state index in [-0.39, 0.29) is 20.8 Å². The van der Waals surface area contributed by atoms with Gasteiger partial charge in [0.05, 0.1) is 22.2 Å². The van der Waals surface area contributed by atoms with E-state index in [1.54, 1.807) is 7.11 Å². The monoisotopic (exact) mass is 358 g/mol. The molecule has 0 radical (unpaired) electrons. The summed E-state index contributed by atoms with van der Waals surface area (Å²) < 4.78 is 5.09. The van der Waals surface area contributed by atoms with E-state index in [0.717, 1.165) is 11.3 Å². The van der Waals surface area contributed by atoms with Crippen molar-refractivity contribution in [2.24, 2.45) is 0 Å². The number of ether oxygens (including phenoxy) is 1. The van der Waals surface area contributed by atoms with Crippen LogP contribution >= 0.6 is 34.8 Å². The van der Waals surface area contributed by atoms with E-state index in [0.29, 0.717) is 13.0 Å². The summed E-state index contributed by atoms with van der Waals surface area (Å²) in [7, 11) is 1.61. The fourth-order valence-corrected chi connectivity index (χ4v) is 2.36. The Bertz CT molecular complexity index is 675. The Morgan fingerprint density at radius 3 is 2.50 bits per heavy atom. The number of hydrogen-bond donors (Lipinski definition) is 1. The number of nitrogens with one attached hydrogen (secondary N) is 1. The van der Waals surface area contributed by atoms with Gasteiger partial charge in [-0.15, -0.1) is 0 Å². The fourth-order valence-electron chi connectivity index (χ4n) is 1.80. The molecule has 0 atom stereocenters. The van der Waals surface area contributed by atoms with Gasteiger partial charge in [0, 0.05) is 12.7 Å². The summed E-state index contributed by atoms with van der Waals surface area (Å²) >= 11 is 17.6. The second-order valence-corrected chi connectivity index (χ2v) is 5.60. The highest BCUT2D eigenvalue weighted by molar-refractivity contribution is 6.48. The molecular formula is C15H13Cl3N2O2. The van der Waals surface area contributed by atoms with Crippen LogP contribution in [0.25, 0.3) is 0 Å². The summed E-state index contributed by atoms with van der Waals surface area (Å²) in [6.07, 6.45) is 1.98. The zero-order chi connectivity index (χ0) is 16.1. The highest BCUT2D eigenvalue weighted by atomic mass is 35.5. The van der Waals surface area contributed by atoms with E-state index in [9.17, 15) is 4.79 Å². The van der Waals surface area contributed by atoms with Crippen molar-refractivity contribution in [3.05, 3.63) is 56.8 Å². The van der Waals surface area contributed by atoms with Gasteiger partial charge in [0.15, 0.2) is 0 Å². The van der Waals surface area contributed by atoms with Crippen LogP contribution in [-0.2, 0) is 6.42 Å². The largest absolute Gasteiger partial charge is 0.497 e. The predicted octanol–water partition coefficient (Wildman–Crippen LogP) is 4.02. The minimum atomic E-state index is -0.392. The molecule has 1 amide bonds. The molecule has 1 heterocycles. The molecule has 0 aliphatic rings. The maximum absolute atomic E-state index is 12.0. The number of benzene rings is 1. The first-order valence-corrected chi connectivity index (χ1v) is 7.57. The number of carbonyl (C=O) groups is 1. The summed E-state index contributed by atoms with van der Waals surface area (Å²) in [5.41, 5.74) is 1.14. The number of pyridine rings is 1. The minimum absolute atomic E-state index is 0.0520. The lowest BCUT2D eigenvalue weighted by Gasteiger charge is -2.08. The molecule has 1 aromatic heterocycles. The quantitative estimate of drug-likeness (QED) is 0.877. The van der Waals surface area contributed by atoms with Crippen LogP contribution in [-0.4, -0.2) is 24.5 Å². The summed E-state index contributed by atoms with van der Waals surface area (Å²) in [4.78, 5) is 15.9. The Morgan fingerprint density at radius 1 is 1.18 bits per heavy atom. The summed E-state index contributed by atoms with van der Waals surface area (Å²) in [6.45, 7) is 0.448. The van der Waals surface area contributed by atoms with E-state index in [1.165, 1.54) is 6.20 Å². The van der Waals surface area contributed by atoms with Crippen molar-refractivity contribution < 1.29 is 9.53 Å². The Morgan fingerprint density at radius 2 is 1.86 bits per heavy atom. The SMILES string of the molecule is COc1ccc(CCNC(=O)c2ncc(Cl)c(Cl)c2Cl)cc1. The molecule has 0 aliphatic carbocycles. The first-order chi connectivity index (χ1) is 10.5. The number of hydrogen-bond acceptors (Lipinski definition) is 3. The zero-order valence-electron chi connectivity index (χ0n) is 11.7. The van der Waals surface area contributed by atoms with Crippen molar-refractivity contribution in [1.29, 1.82) is 0 Å². The van der Waals surface area contributed by atoms with Crippen LogP contribution in [0.4, 0.5) is 0 Å². The van der Waals surface area contributed by atoms with E-state index in [4.69, 9.17) is 39.5 Å². The molecule has 2 rings (SSSR count). The van der Waals surface area contributed by atoms with Gasteiger partial charge in [-0.25, -0.2) is 4.98 Å². The van der Waals surface area contributed by atoms with Gasteiger partial charge in [-0.3, -0.25) is 4.79 Å². The smallest absolute Gasteiger partial charge is 0.271 e. The molecule has 0 bridgehead atoms. The van der Waals surface area contributed by atoms with Crippen molar-refractivity contribution in [3.63, 3.8) is 0 Å². The molecule has 0 saturated carbocycles. The first-order valence-electron chi connectivity index (χ1n) is 6.43. The normalized spacial score (nSPS) is 10.4. The summed E-state index contributed by atoms with van der Waals surface area (Å²) in [6, 6.07) is 7.62. The number of amides is 1. The van der Waals surface area contributed by atoms with Crippen molar-refractivity contribution in [3.8, 4) is 5.75 Å². The van der Waals surface area contributed by atoms with Gasteiger partial charge in [0.25, 0.3) is 5.91 Å². The second-order valence-electron chi connectivity index (χ2n) is 4.44. The van der Waals surface area contributed by atoms with Gasteiger partial charge < -0.3 is 10.1 Å². The Hall–Kier alpha value is -1.49. The van der Waals surface area contributed by atoms with Crippen molar-refractivity contribution >= 4 is 40.7 Å². The predicted molar refractivity (Wildman–Crippen MR) is 88.3 cm³/mol. The van der Waals surface area contributed by atoms with Gasteiger partial charge in [-0.05, 0) is 24.1 Å². The number of aromatic nitrogens is 1. The van der Waals surface area contributed by atoms with Crippen LogP contribution in [0.3, 0.4) is 0 Å². The number of carbonyl (C=O) groups excluding carboxylic acids is 1. The summed E-state index contributed by atoms with van der Waals surface area (Å²) in [5, 5.41) is 3.13. The standard InChI is InChI=1S/C15H13Cl3N2O2/c1-22-10-4-2-9(3-5-10)6-7-19-15(21)14-13(18)12(17)11(16)8-20-14/h2-5,8H,6-7H2,1H3,(H,19,21). The van der Waals surface area contributed by atoms with E-state index in [1.807, 2.05) is 24.3 Å². The topological polar surface area (TPSA) is 51.2 Å². The molecule has 4 nitrogen and oxygen atoms in total. The number of nitrogens with zero attached hydrogens (tertiary/aromatic N) is 1. The van der Waals surface area contributed by atoms with Crippen molar-refractivity contribution in [2.75, 3.05) is 13.7 Å². The maximum atomic E-state index is 12.0. The third kappa shape index (κ3) is 4.03. The van der Waals surface area contributed by atoms with Gasteiger partial charge in [0.2, 0.25) is 0 Å².